The highest BCUT2D eigenvalue weighted by Crippen LogP contribution is 2.39. The number of hydrogen-bond donors (Lipinski definition) is 3. The monoisotopic (exact) mass is 723 g/mol. The summed E-state index contributed by atoms with van der Waals surface area (Å²) in [6.45, 7) is 5.98. The number of nitro benzene ring substituents is 1. The molecule has 2 saturated heterocycles. The van der Waals surface area contributed by atoms with Gasteiger partial charge in [-0.2, -0.15) is 0 Å². The molecular formula is C40H45N5O8. The highest BCUT2D eigenvalue weighted by atomic mass is 16.7. The summed E-state index contributed by atoms with van der Waals surface area (Å²) in [7, 11) is 0. The molecule has 0 saturated carbocycles. The van der Waals surface area contributed by atoms with E-state index in [-0.39, 0.29) is 49.1 Å². The Kier molecular flexibility index (Phi) is 12.7. The predicted octanol–water partition coefficient (Wildman–Crippen LogP) is 5.48. The second kappa shape index (κ2) is 17.9. The summed E-state index contributed by atoms with van der Waals surface area (Å²) in [6, 6.07) is 30.0. The van der Waals surface area contributed by atoms with Gasteiger partial charge in [-0.05, 0) is 46.9 Å². The lowest BCUT2D eigenvalue weighted by Crippen LogP contribution is -2.49. The number of benzene rings is 4. The van der Waals surface area contributed by atoms with Crippen molar-refractivity contribution in [2.45, 2.75) is 45.0 Å². The van der Waals surface area contributed by atoms with Crippen molar-refractivity contribution in [1.82, 2.24) is 15.5 Å². The number of aliphatic hydroxyl groups excluding tert-OH is 1. The Labute approximate surface area is 308 Å². The fourth-order valence-corrected chi connectivity index (χ4v) is 6.67. The number of esters is 1. The molecule has 2 heterocycles. The van der Waals surface area contributed by atoms with Crippen LogP contribution in [0.25, 0.3) is 11.1 Å². The molecule has 0 radical (unpaired) electrons. The molecule has 0 unspecified atom stereocenters. The van der Waals surface area contributed by atoms with Gasteiger partial charge in [0.25, 0.3) is 5.69 Å². The zero-order valence-electron chi connectivity index (χ0n) is 29.7. The largest absolute Gasteiger partial charge is 0.465 e. The van der Waals surface area contributed by atoms with Crippen LogP contribution < -0.4 is 15.5 Å². The zero-order valence-corrected chi connectivity index (χ0v) is 29.7. The first kappa shape index (κ1) is 37.4. The van der Waals surface area contributed by atoms with E-state index < -0.39 is 18.3 Å². The van der Waals surface area contributed by atoms with Gasteiger partial charge in [-0.15, -0.1) is 0 Å². The van der Waals surface area contributed by atoms with Crippen LogP contribution >= 0.6 is 0 Å². The highest BCUT2D eigenvalue weighted by molar-refractivity contribution is 5.81. The average Bonchev–Trinajstić information content (AvgIpc) is 3.20. The van der Waals surface area contributed by atoms with Gasteiger partial charge >= 0.3 is 12.0 Å². The van der Waals surface area contributed by atoms with Gasteiger partial charge in [-0.1, -0.05) is 72.8 Å². The number of nitrogens with one attached hydrogen (secondary N) is 2. The van der Waals surface area contributed by atoms with Crippen LogP contribution in [0.4, 0.5) is 16.2 Å². The van der Waals surface area contributed by atoms with Gasteiger partial charge in [0.2, 0.25) is 0 Å². The number of anilines is 1. The fraction of sp³-hybridized carbons (Fsp3) is 0.350. The van der Waals surface area contributed by atoms with Crippen molar-refractivity contribution in [1.29, 1.82) is 0 Å². The number of urea groups is 1. The Bertz CT molecular complexity index is 1830. The van der Waals surface area contributed by atoms with Crippen molar-refractivity contribution in [3.05, 3.63) is 129 Å². The summed E-state index contributed by atoms with van der Waals surface area (Å²) in [5, 5.41) is 26.0. The van der Waals surface area contributed by atoms with Crippen molar-refractivity contribution in [2.75, 3.05) is 50.8 Å². The van der Waals surface area contributed by atoms with Gasteiger partial charge in [-0.25, -0.2) is 4.79 Å². The van der Waals surface area contributed by atoms with E-state index in [1.54, 1.807) is 19.1 Å². The smallest absolute Gasteiger partial charge is 0.325 e. The molecule has 2 aliphatic rings. The molecule has 13 heteroatoms. The minimum absolute atomic E-state index is 0.0275. The molecular weight excluding hydrogens is 678 g/mol. The van der Waals surface area contributed by atoms with E-state index >= 15 is 0 Å². The van der Waals surface area contributed by atoms with Gasteiger partial charge < -0.3 is 34.9 Å². The van der Waals surface area contributed by atoms with Crippen LogP contribution in [-0.4, -0.2) is 78.9 Å². The van der Waals surface area contributed by atoms with Gasteiger partial charge in [0.15, 0.2) is 6.29 Å². The van der Waals surface area contributed by atoms with E-state index in [1.807, 2.05) is 84.9 Å². The molecule has 2 aliphatic heterocycles. The number of nitrogens with zero attached hydrogens (tertiary/aromatic N) is 3. The van der Waals surface area contributed by atoms with Crippen LogP contribution in [0.1, 0.15) is 48.0 Å². The lowest BCUT2D eigenvalue weighted by Gasteiger charge is -2.41. The molecule has 2 amide bonds. The van der Waals surface area contributed by atoms with Crippen molar-refractivity contribution in [3.63, 3.8) is 0 Å². The van der Waals surface area contributed by atoms with E-state index in [4.69, 9.17) is 14.2 Å². The van der Waals surface area contributed by atoms with Crippen LogP contribution in [0.5, 0.6) is 0 Å². The predicted molar refractivity (Wildman–Crippen MR) is 199 cm³/mol. The molecule has 278 valence electrons. The van der Waals surface area contributed by atoms with Crippen molar-refractivity contribution in [2.24, 2.45) is 0 Å². The minimum atomic E-state index is -0.605. The second-order valence-corrected chi connectivity index (χ2v) is 13.0. The summed E-state index contributed by atoms with van der Waals surface area (Å²) in [4.78, 5) is 39.2. The number of carbonyl (C=O) groups is 2. The quantitative estimate of drug-likeness (QED) is 0.0917. The maximum atomic E-state index is 12.3. The molecule has 53 heavy (non-hydrogen) atoms. The number of piperazine rings is 1. The number of amides is 2. The lowest BCUT2D eigenvalue weighted by molar-refractivity contribution is -0.384. The number of aliphatic hydroxyl groups is 1. The Morgan fingerprint density at radius 1 is 0.887 bits per heavy atom. The Morgan fingerprint density at radius 3 is 2.26 bits per heavy atom. The third kappa shape index (κ3) is 9.96. The van der Waals surface area contributed by atoms with Crippen LogP contribution in [0.2, 0.25) is 0 Å². The van der Waals surface area contributed by atoms with Gasteiger partial charge in [0.05, 0.1) is 30.3 Å². The summed E-state index contributed by atoms with van der Waals surface area (Å²) >= 11 is 0. The molecule has 0 bridgehead atoms. The average molecular weight is 724 g/mol. The summed E-state index contributed by atoms with van der Waals surface area (Å²) in [5.41, 5.74) is 6.64. The molecule has 3 atom stereocenters. The number of nitro groups is 1. The topological polar surface area (TPSA) is 156 Å². The van der Waals surface area contributed by atoms with E-state index in [0.717, 1.165) is 71.8 Å². The lowest BCUT2D eigenvalue weighted by atomic mass is 9.97. The van der Waals surface area contributed by atoms with Gasteiger partial charge in [-0.3, -0.25) is 19.8 Å². The molecule has 2 fully saturated rings. The first-order chi connectivity index (χ1) is 25.8. The summed E-state index contributed by atoms with van der Waals surface area (Å²) in [6.07, 6.45) is -0.256. The molecule has 4 aromatic carbocycles. The number of hydrogen-bond acceptors (Lipinski definition) is 10. The Hall–Kier alpha value is -5.34. The molecule has 3 N–H and O–H groups in total. The van der Waals surface area contributed by atoms with E-state index in [0.29, 0.717) is 6.42 Å². The Balaban J connectivity index is 1.12. The SMILES string of the molecule is CCOC(=O)CNC(=O)NCc1ccccc1-c1ccc([C@H]2O[C@@H](CN3CCN(c4ccc([N+](=O)[O-])cc4)CC3)C[C@@H](c3ccc(CO)cc3)O2)cc1. The van der Waals surface area contributed by atoms with Crippen LogP contribution in [0, 0.1) is 10.1 Å². The highest BCUT2D eigenvalue weighted by Gasteiger charge is 2.34. The number of ether oxygens (including phenoxy) is 3. The summed E-state index contributed by atoms with van der Waals surface area (Å²) in [5.74, 6) is -0.494. The van der Waals surface area contributed by atoms with Crippen molar-refractivity contribution >= 4 is 23.4 Å². The van der Waals surface area contributed by atoms with Gasteiger partial charge in [0.1, 0.15) is 6.54 Å². The minimum Gasteiger partial charge on any atom is -0.465 e. The molecule has 0 aliphatic carbocycles. The molecule has 6 rings (SSSR count). The maximum Gasteiger partial charge on any atom is 0.325 e. The third-order valence-electron chi connectivity index (χ3n) is 9.52. The fourth-order valence-electron chi connectivity index (χ4n) is 6.67. The molecule has 0 spiro atoms. The normalized spacial score (nSPS) is 19.0. The summed E-state index contributed by atoms with van der Waals surface area (Å²) < 4.78 is 18.1. The number of rotatable bonds is 13. The van der Waals surface area contributed by atoms with Crippen molar-refractivity contribution < 1.29 is 33.8 Å². The molecule has 0 aromatic heterocycles. The maximum absolute atomic E-state index is 12.3. The second-order valence-electron chi connectivity index (χ2n) is 13.0. The molecule has 13 nitrogen and oxygen atoms in total. The van der Waals surface area contributed by atoms with Gasteiger partial charge in [0, 0.05) is 69.1 Å². The van der Waals surface area contributed by atoms with Crippen molar-refractivity contribution in [3.8, 4) is 11.1 Å². The first-order valence-corrected chi connectivity index (χ1v) is 17.9. The molecule has 4 aromatic rings. The third-order valence-corrected chi connectivity index (χ3v) is 9.52. The van der Waals surface area contributed by atoms with E-state index in [9.17, 15) is 24.8 Å². The first-order valence-electron chi connectivity index (χ1n) is 17.9. The number of non-ortho nitro benzene ring substituents is 1. The number of carbonyl (C=O) groups excluding carboxylic acids is 2. The van der Waals surface area contributed by atoms with Crippen LogP contribution in [-0.2, 0) is 32.2 Å². The standard InChI is InChI=1S/C40H45N5O8/c1-2-51-38(47)25-42-40(48)41-24-32-5-3-4-6-36(32)29-11-13-31(14-12-29)39-52-35(23-37(53-39)30-9-7-28(27-46)8-10-30)26-43-19-21-44(22-20-43)33-15-17-34(18-16-33)45(49)50/h3-18,35,37,39,46H,2,19-27H2,1H3,(H2,41,42,48)/t35-,37+,39+/m1/s1. The Morgan fingerprint density at radius 2 is 1.58 bits per heavy atom. The van der Waals surface area contributed by atoms with E-state index in [2.05, 4.69) is 20.4 Å². The van der Waals surface area contributed by atoms with Crippen LogP contribution in [0.15, 0.2) is 97.1 Å². The van der Waals surface area contributed by atoms with Crippen LogP contribution in [0.3, 0.4) is 0 Å². The zero-order chi connectivity index (χ0) is 37.2. The van der Waals surface area contributed by atoms with E-state index in [1.165, 1.54) is 0 Å².